The molecule has 2 heterocycles. The van der Waals surface area contributed by atoms with Crippen LogP contribution >= 0.6 is 0 Å². The monoisotopic (exact) mass is 373 g/mol. The number of aromatic nitrogens is 1. The molecule has 138 valence electrons. The molecule has 1 aromatic heterocycles. The highest BCUT2D eigenvalue weighted by atomic mass is 32.2. The van der Waals surface area contributed by atoms with Crippen LogP contribution in [0.3, 0.4) is 0 Å². The van der Waals surface area contributed by atoms with Crippen LogP contribution in [0.4, 0.5) is 5.69 Å². The van der Waals surface area contributed by atoms with Gasteiger partial charge in [0.05, 0.1) is 17.4 Å². The van der Waals surface area contributed by atoms with Gasteiger partial charge in [0.25, 0.3) is 15.9 Å². The Morgan fingerprint density at radius 1 is 1.12 bits per heavy atom. The minimum Gasteiger partial charge on any atom is -0.338 e. The molecule has 3 rings (SSSR count). The first kappa shape index (κ1) is 18.4. The number of rotatable bonds is 4. The van der Waals surface area contributed by atoms with Crippen LogP contribution in [0.25, 0.3) is 0 Å². The molecular formula is C19H23N3O3S. The van der Waals surface area contributed by atoms with E-state index in [0.29, 0.717) is 30.6 Å². The van der Waals surface area contributed by atoms with E-state index < -0.39 is 10.0 Å². The highest BCUT2D eigenvalue weighted by molar-refractivity contribution is 7.92. The lowest BCUT2D eigenvalue weighted by atomic mass is 9.91. The van der Waals surface area contributed by atoms with Crippen molar-refractivity contribution in [1.82, 2.24) is 9.88 Å². The average Bonchev–Trinajstić information content (AvgIpc) is 2.61. The van der Waals surface area contributed by atoms with Crippen molar-refractivity contribution in [3.05, 3.63) is 54.4 Å². The second-order valence-electron chi connectivity index (χ2n) is 7.00. The SMILES string of the molecule is CC1CC(C)CN(C(=O)c2ccccc2S(=O)(=O)Nc2cccnc2)C1. The summed E-state index contributed by atoms with van der Waals surface area (Å²) in [4.78, 5) is 18.7. The zero-order valence-corrected chi connectivity index (χ0v) is 15.7. The molecule has 1 aliphatic rings. The molecule has 26 heavy (non-hydrogen) atoms. The van der Waals surface area contributed by atoms with Gasteiger partial charge in [-0.05, 0) is 42.5 Å². The van der Waals surface area contributed by atoms with Crippen LogP contribution in [0.5, 0.6) is 0 Å². The molecule has 1 N–H and O–H groups in total. The molecule has 1 aromatic carbocycles. The van der Waals surface area contributed by atoms with Gasteiger partial charge in [-0.15, -0.1) is 0 Å². The van der Waals surface area contributed by atoms with Crippen LogP contribution in [-0.4, -0.2) is 37.3 Å². The van der Waals surface area contributed by atoms with Gasteiger partial charge < -0.3 is 4.90 Å². The lowest BCUT2D eigenvalue weighted by molar-refractivity contribution is 0.0619. The number of nitrogens with zero attached hydrogens (tertiary/aromatic N) is 2. The largest absolute Gasteiger partial charge is 0.338 e. The Morgan fingerprint density at radius 2 is 1.81 bits per heavy atom. The summed E-state index contributed by atoms with van der Waals surface area (Å²) in [5.41, 5.74) is 0.556. The van der Waals surface area contributed by atoms with Crippen LogP contribution in [-0.2, 0) is 10.0 Å². The fraction of sp³-hybridized carbons (Fsp3) is 0.368. The van der Waals surface area contributed by atoms with Gasteiger partial charge in [-0.25, -0.2) is 8.42 Å². The number of carbonyl (C=O) groups is 1. The van der Waals surface area contributed by atoms with Crippen LogP contribution in [0.15, 0.2) is 53.7 Å². The average molecular weight is 373 g/mol. The normalized spacial score (nSPS) is 20.6. The quantitative estimate of drug-likeness (QED) is 0.893. The molecule has 7 heteroatoms. The molecule has 1 saturated heterocycles. The zero-order valence-electron chi connectivity index (χ0n) is 14.9. The van der Waals surface area contributed by atoms with Crippen LogP contribution in [0, 0.1) is 11.8 Å². The molecule has 1 aliphatic heterocycles. The van der Waals surface area contributed by atoms with Gasteiger partial charge in [-0.1, -0.05) is 26.0 Å². The molecule has 0 radical (unpaired) electrons. The first-order valence-electron chi connectivity index (χ1n) is 8.68. The Labute approximate surface area is 154 Å². The summed E-state index contributed by atoms with van der Waals surface area (Å²) < 4.78 is 28.1. The Kier molecular flexibility index (Phi) is 5.27. The summed E-state index contributed by atoms with van der Waals surface area (Å²) in [6.45, 7) is 5.52. The van der Waals surface area contributed by atoms with Crippen molar-refractivity contribution >= 4 is 21.6 Å². The van der Waals surface area contributed by atoms with Gasteiger partial charge in [0.1, 0.15) is 4.90 Å². The highest BCUT2D eigenvalue weighted by Crippen LogP contribution is 2.25. The molecule has 2 atom stereocenters. The van der Waals surface area contributed by atoms with E-state index in [1.807, 2.05) is 0 Å². The van der Waals surface area contributed by atoms with Crippen molar-refractivity contribution in [2.75, 3.05) is 17.8 Å². The minimum absolute atomic E-state index is 0.0141. The Bertz CT molecular complexity index is 874. The van der Waals surface area contributed by atoms with Crippen molar-refractivity contribution in [3.63, 3.8) is 0 Å². The summed E-state index contributed by atoms with van der Waals surface area (Å²) in [5.74, 6) is 0.565. The van der Waals surface area contributed by atoms with Crippen molar-refractivity contribution in [2.24, 2.45) is 11.8 Å². The third-order valence-electron chi connectivity index (χ3n) is 4.48. The maximum absolute atomic E-state index is 13.0. The number of carbonyl (C=O) groups excluding carboxylic acids is 1. The van der Waals surface area contributed by atoms with Crippen LogP contribution in [0.1, 0.15) is 30.6 Å². The van der Waals surface area contributed by atoms with Gasteiger partial charge in [-0.2, -0.15) is 0 Å². The number of benzene rings is 1. The molecule has 1 fully saturated rings. The standard InChI is InChI=1S/C19H23N3O3S/c1-14-10-15(2)13-22(12-14)19(23)17-7-3-4-8-18(17)26(24,25)21-16-6-5-9-20-11-16/h3-9,11,14-15,21H,10,12-13H2,1-2H3. The van der Waals surface area contributed by atoms with Crippen molar-refractivity contribution in [3.8, 4) is 0 Å². The number of hydrogen-bond acceptors (Lipinski definition) is 4. The number of likely N-dealkylation sites (tertiary alicyclic amines) is 1. The first-order chi connectivity index (χ1) is 12.4. The third kappa shape index (κ3) is 4.04. The van der Waals surface area contributed by atoms with Crippen molar-refractivity contribution in [2.45, 2.75) is 25.2 Å². The number of anilines is 1. The highest BCUT2D eigenvalue weighted by Gasteiger charge is 2.30. The third-order valence-corrected chi connectivity index (χ3v) is 5.92. The zero-order chi connectivity index (χ0) is 18.7. The number of piperidine rings is 1. The Morgan fingerprint density at radius 3 is 2.46 bits per heavy atom. The molecule has 0 aliphatic carbocycles. The predicted molar refractivity (Wildman–Crippen MR) is 100 cm³/mol. The molecule has 0 bridgehead atoms. The molecule has 2 aromatic rings. The van der Waals surface area contributed by atoms with Crippen molar-refractivity contribution < 1.29 is 13.2 Å². The predicted octanol–water partition coefficient (Wildman–Crippen LogP) is 3.00. The molecule has 0 spiro atoms. The number of sulfonamides is 1. The van der Waals surface area contributed by atoms with E-state index in [4.69, 9.17) is 0 Å². The van der Waals surface area contributed by atoms with E-state index in [1.165, 1.54) is 12.3 Å². The van der Waals surface area contributed by atoms with Gasteiger partial charge in [0.15, 0.2) is 0 Å². The van der Waals surface area contributed by atoms with Crippen LogP contribution in [0.2, 0.25) is 0 Å². The molecule has 1 amide bonds. The fourth-order valence-electron chi connectivity index (χ4n) is 3.51. The molecule has 2 unspecified atom stereocenters. The maximum atomic E-state index is 13.0. The van der Waals surface area contributed by atoms with E-state index in [-0.39, 0.29) is 16.4 Å². The van der Waals surface area contributed by atoms with Gasteiger partial charge in [-0.3, -0.25) is 14.5 Å². The Balaban J connectivity index is 1.91. The van der Waals surface area contributed by atoms with E-state index in [2.05, 4.69) is 23.6 Å². The second-order valence-corrected chi connectivity index (χ2v) is 8.65. The number of hydrogen-bond donors (Lipinski definition) is 1. The summed E-state index contributed by atoms with van der Waals surface area (Å²) >= 11 is 0. The van der Waals surface area contributed by atoms with Gasteiger partial charge in [0, 0.05) is 19.3 Å². The summed E-state index contributed by atoms with van der Waals surface area (Å²) in [6, 6.07) is 9.60. The second kappa shape index (κ2) is 7.45. The lowest BCUT2D eigenvalue weighted by Gasteiger charge is -2.35. The molecule has 0 saturated carbocycles. The summed E-state index contributed by atoms with van der Waals surface area (Å²) in [7, 11) is -3.89. The van der Waals surface area contributed by atoms with E-state index in [1.54, 1.807) is 41.4 Å². The minimum atomic E-state index is -3.89. The number of nitrogens with one attached hydrogen (secondary N) is 1. The summed E-state index contributed by atoms with van der Waals surface area (Å²) in [5, 5.41) is 0. The van der Waals surface area contributed by atoms with Gasteiger partial charge >= 0.3 is 0 Å². The maximum Gasteiger partial charge on any atom is 0.262 e. The lowest BCUT2D eigenvalue weighted by Crippen LogP contribution is -2.43. The van der Waals surface area contributed by atoms with Gasteiger partial charge in [0.2, 0.25) is 0 Å². The topological polar surface area (TPSA) is 79.4 Å². The van der Waals surface area contributed by atoms with E-state index in [0.717, 1.165) is 6.42 Å². The number of pyridine rings is 1. The Hall–Kier alpha value is -2.41. The number of amides is 1. The molecule has 6 nitrogen and oxygen atoms in total. The van der Waals surface area contributed by atoms with Crippen LogP contribution < -0.4 is 4.72 Å². The first-order valence-corrected chi connectivity index (χ1v) is 10.2. The fourth-order valence-corrected chi connectivity index (χ4v) is 4.75. The van der Waals surface area contributed by atoms with E-state index >= 15 is 0 Å². The smallest absolute Gasteiger partial charge is 0.262 e. The summed E-state index contributed by atoms with van der Waals surface area (Å²) in [6.07, 6.45) is 4.07. The molecular weight excluding hydrogens is 350 g/mol. The van der Waals surface area contributed by atoms with Crippen molar-refractivity contribution in [1.29, 1.82) is 0 Å². The van der Waals surface area contributed by atoms with E-state index in [9.17, 15) is 13.2 Å².